The summed E-state index contributed by atoms with van der Waals surface area (Å²) in [5.41, 5.74) is 1.70. The Hall–Kier alpha value is -3.58. The highest BCUT2D eigenvalue weighted by Gasteiger charge is 2.46. The van der Waals surface area contributed by atoms with Crippen molar-refractivity contribution in [3.63, 3.8) is 0 Å². The molecule has 0 bridgehead atoms. The van der Waals surface area contributed by atoms with Gasteiger partial charge in [-0.2, -0.15) is 0 Å². The summed E-state index contributed by atoms with van der Waals surface area (Å²) in [6.07, 6.45) is 0. The van der Waals surface area contributed by atoms with Crippen LogP contribution in [0.3, 0.4) is 0 Å². The zero-order valence-corrected chi connectivity index (χ0v) is 17.8. The van der Waals surface area contributed by atoms with Crippen molar-refractivity contribution >= 4 is 28.8 Å². The van der Waals surface area contributed by atoms with Crippen LogP contribution in [0.5, 0.6) is 11.5 Å². The molecule has 1 aliphatic rings. The molecule has 0 spiro atoms. The molecule has 2 aromatic carbocycles. The lowest BCUT2D eigenvalue weighted by molar-refractivity contribution is -0.140. The van der Waals surface area contributed by atoms with Crippen LogP contribution in [0.2, 0.25) is 0 Å². The molecule has 6 nitrogen and oxygen atoms in total. The summed E-state index contributed by atoms with van der Waals surface area (Å²) in [6.45, 7) is 2.07. The van der Waals surface area contributed by atoms with Gasteiger partial charge in [0.05, 0.1) is 30.8 Å². The molecule has 0 saturated carbocycles. The second kappa shape index (κ2) is 8.28. The van der Waals surface area contributed by atoms with Crippen LogP contribution < -0.4 is 4.74 Å². The number of ketones is 1. The summed E-state index contributed by atoms with van der Waals surface area (Å²) >= 11 is 1.47. The Labute approximate surface area is 183 Å². The van der Waals surface area contributed by atoms with E-state index in [1.54, 1.807) is 24.3 Å². The number of carbonyl (C=O) groups excluding carboxylic acids is 2. The lowest BCUT2D eigenvalue weighted by Crippen LogP contribution is -2.28. The number of thiophene rings is 1. The largest absolute Gasteiger partial charge is 0.508 e. The number of likely N-dealkylation sites (tertiary alicyclic amines) is 1. The molecule has 4 rings (SSSR count). The summed E-state index contributed by atoms with van der Waals surface area (Å²) in [5.74, 6) is -1.38. The highest BCUT2D eigenvalue weighted by molar-refractivity contribution is 7.09. The monoisotopic (exact) mass is 435 g/mol. The molecule has 3 aromatic rings. The van der Waals surface area contributed by atoms with Gasteiger partial charge in [-0.1, -0.05) is 29.8 Å². The lowest BCUT2D eigenvalue weighted by Gasteiger charge is -2.25. The normalized spacial score (nSPS) is 17.9. The Balaban J connectivity index is 1.92. The van der Waals surface area contributed by atoms with Gasteiger partial charge >= 0.3 is 0 Å². The molecule has 1 atom stereocenters. The molecule has 1 amide bonds. The molecule has 158 valence electrons. The number of carbonyl (C=O) groups is 2. The molecule has 7 heteroatoms. The fourth-order valence-corrected chi connectivity index (χ4v) is 4.51. The molecule has 1 fully saturated rings. The van der Waals surface area contributed by atoms with Gasteiger partial charge in [-0.3, -0.25) is 9.59 Å². The van der Waals surface area contributed by atoms with E-state index >= 15 is 0 Å². The number of aliphatic hydroxyl groups is 1. The molecule has 31 heavy (non-hydrogen) atoms. The number of hydrogen-bond donors (Lipinski definition) is 2. The minimum atomic E-state index is -0.848. The van der Waals surface area contributed by atoms with E-state index in [4.69, 9.17) is 4.74 Å². The van der Waals surface area contributed by atoms with E-state index in [0.29, 0.717) is 16.9 Å². The molecule has 2 N–H and O–H groups in total. The van der Waals surface area contributed by atoms with Crippen molar-refractivity contribution < 1.29 is 24.5 Å². The Kier molecular flexibility index (Phi) is 5.52. The quantitative estimate of drug-likeness (QED) is 0.353. The van der Waals surface area contributed by atoms with Crippen molar-refractivity contribution in [2.75, 3.05) is 7.11 Å². The fraction of sp³-hybridized carbons (Fsp3) is 0.167. The first-order chi connectivity index (χ1) is 14.9. The third-order valence-electron chi connectivity index (χ3n) is 5.24. The molecule has 1 aliphatic heterocycles. The van der Waals surface area contributed by atoms with E-state index in [1.165, 1.54) is 35.5 Å². The number of nitrogens with zero attached hydrogens (tertiary/aromatic N) is 1. The summed E-state index contributed by atoms with van der Waals surface area (Å²) in [4.78, 5) is 28.4. The maximum Gasteiger partial charge on any atom is 0.295 e. The first-order valence-electron chi connectivity index (χ1n) is 9.65. The van der Waals surface area contributed by atoms with E-state index in [9.17, 15) is 19.8 Å². The fourth-order valence-electron chi connectivity index (χ4n) is 3.81. The second-order valence-corrected chi connectivity index (χ2v) is 8.34. The zero-order chi connectivity index (χ0) is 22.1. The van der Waals surface area contributed by atoms with Gasteiger partial charge in [-0.15, -0.1) is 11.3 Å². The Morgan fingerprint density at radius 3 is 2.61 bits per heavy atom. The van der Waals surface area contributed by atoms with Gasteiger partial charge in [0.25, 0.3) is 11.7 Å². The summed E-state index contributed by atoms with van der Waals surface area (Å²) in [5, 5.41) is 23.1. The lowest BCUT2D eigenvalue weighted by atomic mass is 9.94. The minimum absolute atomic E-state index is 0.00680. The number of Topliss-reactive ketones (excluding diaryl/α,β-unsaturated/α-hetero) is 1. The Morgan fingerprint density at radius 1 is 1.13 bits per heavy atom. The van der Waals surface area contributed by atoms with Crippen molar-refractivity contribution in [1.29, 1.82) is 0 Å². The number of methoxy groups -OCH3 is 1. The second-order valence-electron chi connectivity index (χ2n) is 7.31. The van der Waals surface area contributed by atoms with E-state index in [-0.39, 0.29) is 23.6 Å². The first kappa shape index (κ1) is 20.7. The summed E-state index contributed by atoms with van der Waals surface area (Å²) < 4.78 is 5.37. The summed E-state index contributed by atoms with van der Waals surface area (Å²) in [7, 11) is 1.48. The maximum atomic E-state index is 13.1. The van der Waals surface area contributed by atoms with Crippen molar-refractivity contribution in [3.8, 4) is 11.5 Å². The van der Waals surface area contributed by atoms with Gasteiger partial charge in [-0.25, -0.2) is 0 Å². The topological polar surface area (TPSA) is 87.1 Å². The first-order valence-corrected chi connectivity index (χ1v) is 10.5. The van der Waals surface area contributed by atoms with Gasteiger partial charge in [-0.05, 0) is 48.2 Å². The van der Waals surface area contributed by atoms with Gasteiger partial charge in [0, 0.05) is 4.88 Å². The number of aliphatic hydroxyl groups excluding tert-OH is 1. The molecule has 2 heterocycles. The minimum Gasteiger partial charge on any atom is -0.508 e. The number of rotatable bonds is 5. The third kappa shape index (κ3) is 3.80. The van der Waals surface area contributed by atoms with Crippen molar-refractivity contribution in [2.45, 2.75) is 19.5 Å². The van der Waals surface area contributed by atoms with Crippen LogP contribution in [0.4, 0.5) is 0 Å². The smallest absolute Gasteiger partial charge is 0.295 e. The average Bonchev–Trinajstić information content (AvgIpc) is 3.35. The molecular weight excluding hydrogens is 414 g/mol. The molecule has 1 unspecified atom stereocenters. The standard InChI is InChI=1S/C24H21NO5S/c1-14-8-9-19(30-2)18(11-14)22(27)20-21(15-5-3-6-16(26)12-15)25(24(29)23(20)28)13-17-7-4-10-31-17/h3-12,21,26-27H,13H2,1-2H3/b22-20+. The highest BCUT2D eigenvalue weighted by Crippen LogP contribution is 2.42. The predicted octanol–water partition coefficient (Wildman–Crippen LogP) is 4.39. The van der Waals surface area contributed by atoms with Crippen molar-refractivity contribution in [3.05, 3.63) is 87.1 Å². The predicted molar refractivity (Wildman–Crippen MR) is 118 cm³/mol. The zero-order valence-electron chi connectivity index (χ0n) is 17.0. The highest BCUT2D eigenvalue weighted by atomic mass is 32.1. The van der Waals surface area contributed by atoms with Crippen LogP contribution >= 0.6 is 11.3 Å². The van der Waals surface area contributed by atoms with E-state index in [2.05, 4.69) is 0 Å². The molecule has 0 radical (unpaired) electrons. The van der Waals surface area contributed by atoms with Crippen LogP contribution in [-0.4, -0.2) is 33.9 Å². The third-order valence-corrected chi connectivity index (χ3v) is 6.10. The number of phenolic OH excluding ortho intramolecular Hbond substituents is 1. The molecule has 1 aromatic heterocycles. The number of benzene rings is 2. The molecule has 0 aliphatic carbocycles. The van der Waals surface area contributed by atoms with Crippen LogP contribution in [0.1, 0.15) is 27.6 Å². The number of amides is 1. The number of aromatic hydroxyl groups is 1. The van der Waals surface area contributed by atoms with E-state index in [1.807, 2.05) is 30.5 Å². The molecule has 1 saturated heterocycles. The summed E-state index contributed by atoms with van der Waals surface area (Å²) in [6, 6.07) is 14.5. The van der Waals surface area contributed by atoms with E-state index < -0.39 is 17.7 Å². The Morgan fingerprint density at radius 2 is 1.94 bits per heavy atom. The van der Waals surface area contributed by atoms with E-state index in [0.717, 1.165) is 10.4 Å². The van der Waals surface area contributed by atoms with Gasteiger partial charge < -0.3 is 19.8 Å². The molecular formula is C24H21NO5S. The van der Waals surface area contributed by atoms with Crippen LogP contribution in [0.15, 0.2) is 65.6 Å². The van der Waals surface area contributed by atoms with Crippen LogP contribution in [-0.2, 0) is 16.1 Å². The van der Waals surface area contributed by atoms with Crippen LogP contribution in [0, 0.1) is 6.92 Å². The number of phenols is 1. The van der Waals surface area contributed by atoms with Crippen LogP contribution in [0.25, 0.3) is 5.76 Å². The van der Waals surface area contributed by atoms with Gasteiger partial charge in [0.2, 0.25) is 0 Å². The number of aryl methyl sites for hydroxylation is 1. The SMILES string of the molecule is COc1ccc(C)cc1/C(O)=C1\C(=O)C(=O)N(Cc2cccs2)C1c1cccc(O)c1. The maximum absolute atomic E-state index is 13.1. The number of ether oxygens (including phenoxy) is 1. The van der Waals surface area contributed by atoms with Gasteiger partial charge in [0.15, 0.2) is 0 Å². The number of hydrogen-bond acceptors (Lipinski definition) is 6. The van der Waals surface area contributed by atoms with Crippen molar-refractivity contribution in [2.24, 2.45) is 0 Å². The average molecular weight is 436 g/mol. The van der Waals surface area contributed by atoms with Gasteiger partial charge in [0.1, 0.15) is 17.3 Å². The Bertz CT molecular complexity index is 1180. The van der Waals surface area contributed by atoms with Crippen molar-refractivity contribution in [1.82, 2.24) is 4.90 Å².